The van der Waals surface area contributed by atoms with Crippen LogP contribution in [0.2, 0.25) is 0 Å². The van der Waals surface area contributed by atoms with Crippen LogP contribution in [0.5, 0.6) is 0 Å². The normalized spacial score (nSPS) is 15.8. The summed E-state index contributed by atoms with van der Waals surface area (Å²) in [5.41, 5.74) is 5.15. The Morgan fingerprint density at radius 3 is 2.75 bits per heavy atom. The highest BCUT2D eigenvalue weighted by Gasteiger charge is 2.34. The monoisotopic (exact) mass is 438 g/mol. The molecule has 0 saturated heterocycles. The molecule has 0 bridgehead atoms. The average molecular weight is 439 g/mol. The number of anilines is 2. The topological polar surface area (TPSA) is 84.7 Å². The van der Waals surface area contributed by atoms with Crippen LogP contribution in [0.25, 0.3) is 0 Å². The summed E-state index contributed by atoms with van der Waals surface area (Å²) in [7, 11) is 0. The average Bonchev–Trinajstić information content (AvgIpc) is 3.12. The molecule has 1 aromatic heterocycles. The van der Waals surface area contributed by atoms with E-state index in [0.717, 1.165) is 32.5 Å². The Balaban J connectivity index is 1.78. The first-order valence-electron chi connectivity index (χ1n) is 8.84. The molecule has 1 aliphatic rings. The van der Waals surface area contributed by atoms with E-state index in [0.29, 0.717) is 11.5 Å². The van der Waals surface area contributed by atoms with Gasteiger partial charge in [0.25, 0.3) is 5.91 Å². The van der Waals surface area contributed by atoms with Gasteiger partial charge in [-0.1, -0.05) is 45.3 Å². The molecular weight excluding hydrogens is 420 g/mol. The van der Waals surface area contributed by atoms with E-state index >= 15 is 0 Å². The standard InChI is InChI=1S/C20H19BrN6O/c1-11-6-4-9-16(12(11)2)23-19(28)17-13(3)22-20-24-25-26-27(20)18(17)14-7-5-8-15(21)10-14/h4-10,18H,1-3H3,(H,23,28)(H,22,24,26). The molecule has 4 rings (SSSR count). The quantitative estimate of drug-likeness (QED) is 0.645. The number of carbonyl (C=O) groups is 1. The van der Waals surface area contributed by atoms with Gasteiger partial charge in [0.05, 0.1) is 5.57 Å². The molecule has 142 valence electrons. The lowest BCUT2D eigenvalue weighted by molar-refractivity contribution is -0.113. The van der Waals surface area contributed by atoms with Gasteiger partial charge in [-0.05, 0) is 66.1 Å². The minimum atomic E-state index is -0.436. The molecule has 7 nitrogen and oxygen atoms in total. The third kappa shape index (κ3) is 3.20. The van der Waals surface area contributed by atoms with E-state index in [1.807, 2.05) is 63.2 Å². The Bertz CT molecular complexity index is 1100. The minimum absolute atomic E-state index is 0.190. The summed E-state index contributed by atoms with van der Waals surface area (Å²) in [4.78, 5) is 13.3. The lowest BCUT2D eigenvalue weighted by atomic mass is 9.95. The van der Waals surface area contributed by atoms with Crippen molar-refractivity contribution >= 4 is 33.5 Å². The lowest BCUT2D eigenvalue weighted by Gasteiger charge is -2.28. The van der Waals surface area contributed by atoms with E-state index in [1.165, 1.54) is 0 Å². The summed E-state index contributed by atoms with van der Waals surface area (Å²) in [5.74, 6) is 0.315. The Hall–Kier alpha value is -3.00. The van der Waals surface area contributed by atoms with Crippen molar-refractivity contribution in [3.05, 3.63) is 74.9 Å². The van der Waals surface area contributed by atoms with Crippen molar-refractivity contribution in [3.63, 3.8) is 0 Å². The van der Waals surface area contributed by atoms with Crippen molar-refractivity contribution < 1.29 is 4.79 Å². The molecule has 0 aliphatic carbocycles. The number of tetrazole rings is 1. The van der Waals surface area contributed by atoms with Gasteiger partial charge in [0.1, 0.15) is 6.04 Å². The van der Waals surface area contributed by atoms with Crippen LogP contribution in [0, 0.1) is 13.8 Å². The number of hydrogen-bond acceptors (Lipinski definition) is 5. The fourth-order valence-corrected chi connectivity index (χ4v) is 3.78. The number of amides is 1. The number of benzene rings is 2. The van der Waals surface area contributed by atoms with Gasteiger partial charge in [-0.2, -0.15) is 4.68 Å². The van der Waals surface area contributed by atoms with E-state index in [2.05, 4.69) is 42.1 Å². The third-order valence-electron chi connectivity index (χ3n) is 4.98. The van der Waals surface area contributed by atoms with Crippen LogP contribution in [0.1, 0.15) is 29.7 Å². The number of fused-ring (bicyclic) bond motifs is 1. The fourth-order valence-electron chi connectivity index (χ4n) is 3.37. The molecule has 2 heterocycles. The van der Waals surface area contributed by atoms with Crippen molar-refractivity contribution in [3.8, 4) is 0 Å². The molecule has 1 aliphatic heterocycles. The van der Waals surface area contributed by atoms with Crippen LogP contribution in [-0.4, -0.2) is 26.1 Å². The third-order valence-corrected chi connectivity index (χ3v) is 5.47. The molecule has 8 heteroatoms. The second kappa shape index (κ2) is 7.20. The first kappa shape index (κ1) is 18.4. The maximum Gasteiger partial charge on any atom is 0.255 e. The van der Waals surface area contributed by atoms with Crippen molar-refractivity contribution in [2.45, 2.75) is 26.8 Å². The van der Waals surface area contributed by atoms with Crippen LogP contribution in [0.3, 0.4) is 0 Å². The van der Waals surface area contributed by atoms with Gasteiger partial charge in [0.2, 0.25) is 5.95 Å². The van der Waals surface area contributed by atoms with Gasteiger partial charge < -0.3 is 10.6 Å². The summed E-state index contributed by atoms with van der Waals surface area (Å²) >= 11 is 3.51. The first-order chi connectivity index (χ1) is 13.5. The van der Waals surface area contributed by atoms with Crippen LogP contribution in [-0.2, 0) is 4.79 Å². The number of hydrogen-bond donors (Lipinski definition) is 2. The molecule has 0 fully saturated rings. The molecule has 1 amide bonds. The van der Waals surface area contributed by atoms with Gasteiger partial charge in [-0.15, -0.1) is 0 Å². The van der Waals surface area contributed by atoms with Gasteiger partial charge in [0, 0.05) is 15.9 Å². The van der Waals surface area contributed by atoms with Crippen LogP contribution < -0.4 is 10.6 Å². The lowest BCUT2D eigenvalue weighted by Crippen LogP contribution is -2.31. The Kier molecular flexibility index (Phi) is 4.72. The van der Waals surface area contributed by atoms with E-state index in [-0.39, 0.29) is 5.91 Å². The van der Waals surface area contributed by atoms with E-state index in [9.17, 15) is 4.79 Å². The smallest absolute Gasteiger partial charge is 0.255 e. The zero-order valence-corrected chi connectivity index (χ0v) is 17.3. The van der Waals surface area contributed by atoms with Crippen LogP contribution in [0.15, 0.2) is 58.2 Å². The number of carbonyl (C=O) groups excluding carboxylic acids is 1. The van der Waals surface area contributed by atoms with Crippen molar-refractivity contribution in [1.82, 2.24) is 20.2 Å². The number of halogens is 1. The van der Waals surface area contributed by atoms with Crippen LogP contribution >= 0.6 is 15.9 Å². The largest absolute Gasteiger partial charge is 0.326 e. The molecule has 0 saturated carbocycles. The highest BCUT2D eigenvalue weighted by Crippen LogP contribution is 2.35. The molecule has 3 aromatic rings. The molecule has 0 spiro atoms. The van der Waals surface area contributed by atoms with E-state index in [4.69, 9.17) is 0 Å². The van der Waals surface area contributed by atoms with Gasteiger partial charge >= 0.3 is 0 Å². The van der Waals surface area contributed by atoms with E-state index < -0.39 is 6.04 Å². The molecule has 0 radical (unpaired) electrons. The second-order valence-electron chi connectivity index (χ2n) is 6.77. The molecule has 2 aromatic carbocycles. The molecule has 1 atom stereocenters. The second-order valence-corrected chi connectivity index (χ2v) is 7.69. The summed E-state index contributed by atoms with van der Waals surface area (Å²) in [6, 6.07) is 13.2. The molecule has 28 heavy (non-hydrogen) atoms. The summed E-state index contributed by atoms with van der Waals surface area (Å²) < 4.78 is 2.55. The maximum atomic E-state index is 13.3. The highest BCUT2D eigenvalue weighted by molar-refractivity contribution is 9.10. The van der Waals surface area contributed by atoms with E-state index in [1.54, 1.807) is 4.68 Å². The summed E-state index contributed by atoms with van der Waals surface area (Å²) in [6.07, 6.45) is 0. The van der Waals surface area contributed by atoms with Gasteiger partial charge in [0.15, 0.2) is 0 Å². The number of aromatic nitrogens is 4. The first-order valence-corrected chi connectivity index (χ1v) is 9.63. The maximum absolute atomic E-state index is 13.3. The number of rotatable bonds is 3. The Labute approximate surface area is 171 Å². The van der Waals surface area contributed by atoms with Gasteiger partial charge in [-0.3, -0.25) is 4.79 Å². The van der Waals surface area contributed by atoms with Crippen molar-refractivity contribution in [1.29, 1.82) is 0 Å². The highest BCUT2D eigenvalue weighted by atomic mass is 79.9. The summed E-state index contributed by atoms with van der Waals surface area (Å²) in [6.45, 7) is 5.88. The Morgan fingerprint density at radius 1 is 1.18 bits per heavy atom. The predicted octanol–water partition coefficient (Wildman–Crippen LogP) is 3.98. The molecular formula is C20H19BrN6O. The number of nitrogens with one attached hydrogen (secondary N) is 2. The molecule has 1 unspecified atom stereocenters. The molecule has 2 N–H and O–H groups in total. The van der Waals surface area contributed by atoms with Crippen molar-refractivity contribution in [2.24, 2.45) is 0 Å². The predicted molar refractivity (Wildman–Crippen MR) is 111 cm³/mol. The number of allylic oxidation sites excluding steroid dienone is 1. The zero-order valence-electron chi connectivity index (χ0n) is 15.7. The minimum Gasteiger partial charge on any atom is -0.326 e. The van der Waals surface area contributed by atoms with Crippen molar-refractivity contribution in [2.75, 3.05) is 10.6 Å². The van der Waals surface area contributed by atoms with Crippen LogP contribution in [0.4, 0.5) is 11.6 Å². The summed E-state index contributed by atoms with van der Waals surface area (Å²) in [5, 5.41) is 18.1. The Morgan fingerprint density at radius 2 is 1.96 bits per heavy atom. The van der Waals surface area contributed by atoms with Gasteiger partial charge in [-0.25, -0.2) is 0 Å². The SMILES string of the molecule is CC1=C(C(=O)Nc2cccc(C)c2C)C(c2cccc(Br)c2)n2nnnc2N1. The fraction of sp³-hybridized carbons (Fsp3) is 0.200. The number of nitrogens with zero attached hydrogens (tertiary/aromatic N) is 4. The number of aryl methyl sites for hydroxylation is 1. The zero-order chi connectivity index (χ0) is 19.8.